The van der Waals surface area contributed by atoms with E-state index in [1.807, 2.05) is 0 Å². The molecule has 140 valence electrons. The van der Waals surface area contributed by atoms with Gasteiger partial charge in [-0.2, -0.15) is 0 Å². The van der Waals surface area contributed by atoms with Crippen LogP contribution in [0.15, 0.2) is 35.4 Å². The zero-order valence-electron chi connectivity index (χ0n) is 15.3. The fourth-order valence-electron chi connectivity index (χ4n) is 4.72. The van der Waals surface area contributed by atoms with E-state index in [1.165, 1.54) is 22.3 Å². The first-order valence-corrected chi connectivity index (χ1v) is 10.4. The molecule has 3 aliphatic carbocycles. The van der Waals surface area contributed by atoms with Crippen molar-refractivity contribution in [1.82, 2.24) is 0 Å². The molecule has 4 heteroatoms. The molecule has 0 radical (unpaired) electrons. The average molecular weight is 409 g/mol. The van der Waals surface area contributed by atoms with Crippen LogP contribution >= 0.6 is 23.2 Å². The molecule has 0 saturated carbocycles. The van der Waals surface area contributed by atoms with Crippen LogP contribution in [-0.4, -0.2) is 12.6 Å². The smallest absolute Gasteiger partial charge is 0.147 e. The quantitative estimate of drug-likeness (QED) is 0.602. The maximum atomic E-state index is 11.3. The van der Waals surface area contributed by atoms with Crippen LogP contribution in [0.25, 0.3) is 21.2 Å². The van der Waals surface area contributed by atoms with E-state index in [-0.39, 0.29) is 0 Å². The molecule has 0 aromatic heterocycles. The molecule has 2 aromatic rings. The van der Waals surface area contributed by atoms with Crippen molar-refractivity contribution in [3.63, 3.8) is 0 Å². The van der Waals surface area contributed by atoms with Gasteiger partial charge in [0, 0.05) is 11.1 Å². The van der Waals surface area contributed by atoms with Crippen LogP contribution < -0.4 is 0 Å². The van der Waals surface area contributed by atoms with Gasteiger partial charge in [0.05, 0.1) is 10.1 Å². The lowest BCUT2D eigenvalue weighted by Gasteiger charge is -2.27. The zero-order valence-corrected chi connectivity index (χ0v) is 16.8. The number of aldehydes is 2. The Bertz CT molecular complexity index is 1030. The Hall–Kier alpha value is -2.16. The molecule has 0 unspecified atom stereocenters. The van der Waals surface area contributed by atoms with Crippen LogP contribution in [0.3, 0.4) is 0 Å². The maximum Gasteiger partial charge on any atom is 0.147 e. The lowest BCUT2D eigenvalue weighted by molar-refractivity contribution is -0.105. The van der Waals surface area contributed by atoms with Crippen molar-refractivity contribution in [1.29, 1.82) is 0 Å². The summed E-state index contributed by atoms with van der Waals surface area (Å²) in [4.78, 5) is 22.7. The summed E-state index contributed by atoms with van der Waals surface area (Å²) < 4.78 is 0. The molecule has 0 spiro atoms. The van der Waals surface area contributed by atoms with Crippen LogP contribution in [-0.2, 0) is 35.3 Å². The Morgan fingerprint density at radius 3 is 1.29 bits per heavy atom. The summed E-state index contributed by atoms with van der Waals surface area (Å²) in [5.41, 5.74) is 10.7. The fraction of sp³-hybridized carbons (Fsp3) is 0.250. The number of hydrogen-bond donors (Lipinski definition) is 0. The molecule has 0 aliphatic heterocycles. The van der Waals surface area contributed by atoms with Crippen molar-refractivity contribution in [2.75, 3.05) is 0 Å². The molecule has 0 atom stereocenters. The Morgan fingerprint density at radius 1 is 0.536 bits per heavy atom. The molecule has 0 fully saturated rings. The summed E-state index contributed by atoms with van der Waals surface area (Å²) in [5.74, 6) is 0. The minimum atomic E-state index is 0.574. The van der Waals surface area contributed by atoms with Crippen LogP contribution in [0.1, 0.15) is 46.2 Å². The van der Waals surface area contributed by atoms with Gasteiger partial charge in [-0.25, -0.2) is 0 Å². The normalized spacial score (nSPS) is 17.5. The summed E-state index contributed by atoms with van der Waals surface area (Å²) in [5, 5.41) is 1.15. The SMILES string of the molecule is O=CC1=C(Cl)c2cc3c(cc2CC1)CCc1cc2c(cc1-3)C(Cl)=C(C=O)CC2. The number of hydrogen-bond acceptors (Lipinski definition) is 2. The first-order chi connectivity index (χ1) is 13.6. The van der Waals surface area contributed by atoms with Gasteiger partial charge in [-0.1, -0.05) is 35.3 Å². The van der Waals surface area contributed by atoms with Gasteiger partial charge in [-0.15, -0.1) is 0 Å². The van der Waals surface area contributed by atoms with Gasteiger partial charge in [0.2, 0.25) is 0 Å². The molecule has 0 amide bonds. The summed E-state index contributed by atoms with van der Waals surface area (Å²) >= 11 is 13.1. The largest absolute Gasteiger partial charge is 0.298 e. The van der Waals surface area contributed by atoms with Gasteiger partial charge in [0.1, 0.15) is 12.6 Å². The van der Waals surface area contributed by atoms with E-state index >= 15 is 0 Å². The van der Waals surface area contributed by atoms with Crippen molar-refractivity contribution in [3.8, 4) is 11.1 Å². The third-order valence-electron chi connectivity index (χ3n) is 6.26. The third kappa shape index (κ3) is 2.62. The highest BCUT2D eigenvalue weighted by Crippen LogP contribution is 2.44. The van der Waals surface area contributed by atoms with E-state index in [1.54, 1.807) is 0 Å². The second-order valence-electron chi connectivity index (χ2n) is 7.75. The van der Waals surface area contributed by atoms with Crippen LogP contribution in [0, 0.1) is 0 Å². The summed E-state index contributed by atoms with van der Waals surface area (Å²) in [6.07, 6.45) is 6.85. The summed E-state index contributed by atoms with van der Waals surface area (Å²) in [6.45, 7) is 0. The second kappa shape index (κ2) is 6.72. The van der Waals surface area contributed by atoms with Gasteiger partial charge < -0.3 is 0 Å². The average Bonchev–Trinajstić information content (AvgIpc) is 2.72. The Balaban J connectivity index is 1.72. The number of halogens is 2. The van der Waals surface area contributed by atoms with Crippen molar-refractivity contribution in [3.05, 3.63) is 68.8 Å². The number of benzene rings is 2. The molecule has 0 bridgehead atoms. The molecule has 28 heavy (non-hydrogen) atoms. The number of allylic oxidation sites excluding steroid dienone is 2. The highest BCUT2D eigenvalue weighted by atomic mass is 35.5. The molecule has 0 N–H and O–H groups in total. The fourth-order valence-corrected chi connectivity index (χ4v) is 5.35. The first-order valence-electron chi connectivity index (χ1n) is 9.61. The van der Waals surface area contributed by atoms with Gasteiger partial charge in [-0.05, 0) is 95.2 Å². The Labute approximate surface area is 173 Å². The van der Waals surface area contributed by atoms with Crippen molar-refractivity contribution < 1.29 is 9.59 Å². The van der Waals surface area contributed by atoms with Gasteiger partial charge in [-0.3, -0.25) is 9.59 Å². The second-order valence-corrected chi connectivity index (χ2v) is 8.50. The highest BCUT2D eigenvalue weighted by molar-refractivity contribution is 6.51. The molecule has 3 aliphatic rings. The minimum Gasteiger partial charge on any atom is -0.298 e. The Kier molecular flexibility index (Phi) is 4.30. The molecule has 0 heterocycles. The van der Waals surface area contributed by atoms with Crippen LogP contribution in [0.5, 0.6) is 0 Å². The third-order valence-corrected chi connectivity index (χ3v) is 7.15. The Morgan fingerprint density at radius 2 is 0.893 bits per heavy atom. The van der Waals surface area contributed by atoms with E-state index in [0.717, 1.165) is 60.5 Å². The van der Waals surface area contributed by atoms with Crippen LogP contribution in [0.4, 0.5) is 0 Å². The molecule has 5 rings (SSSR count). The van der Waals surface area contributed by atoms with Crippen molar-refractivity contribution in [2.45, 2.75) is 38.5 Å². The number of rotatable bonds is 2. The number of fused-ring (bicyclic) bond motifs is 5. The summed E-state index contributed by atoms with van der Waals surface area (Å²) in [6, 6.07) is 8.79. The molecular weight excluding hydrogens is 391 g/mol. The maximum absolute atomic E-state index is 11.3. The predicted octanol–water partition coefficient (Wildman–Crippen LogP) is 5.64. The topological polar surface area (TPSA) is 34.1 Å². The van der Waals surface area contributed by atoms with Gasteiger partial charge in [0.15, 0.2) is 0 Å². The number of carbonyl (C=O) groups is 2. The van der Waals surface area contributed by atoms with Crippen LogP contribution in [0.2, 0.25) is 0 Å². The van der Waals surface area contributed by atoms with Crippen molar-refractivity contribution in [2.24, 2.45) is 0 Å². The van der Waals surface area contributed by atoms with E-state index < -0.39 is 0 Å². The van der Waals surface area contributed by atoms with E-state index in [9.17, 15) is 9.59 Å². The minimum absolute atomic E-state index is 0.574. The highest BCUT2D eigenvalue weighted by Gasteiger charge is 2.26. The van der Waals surface area contributed by atoms with Gasteiger partial charge in [0.25, 0.3) is 0 Å². The zero-order chi connectivity index (χ0) is 19.4. The summed E-state index contributed by atoms with van der Waals surface area (Å²) in [7, 11) is 0. The number of carbonyl (C=O) groups excluding carboxylic acids is 2. The lowest BCUT2D eigenvalue weighted by Crippen LogP contribution is -2.12. The molecular formula is C24H18Cl2O2. The molecule has 2 nitrogen and oxygen atoms in total. The first kappa shape index (κ1) is 17.9. The standard InChI is InChI=1S/C24H18Cl2O2/c25-23-17(11-27)5-3-15-7-13-1-2-14-8-16-4-6-18(12-28)24(26)22(16)10-20(14)19(13)9-21(15)23/h7-12H,1-6H2. The van der Waals surface area contributed by atoms with Crippen molar-refractivity contribution >= 4 is 45.8 Å². The van der Waals surface area contributed by atoms with Gasteiger partial charge >= 0.3 is 0 Å². The van der Waals surface area contributed by atoms with E-state index in [4.69, 9.17) is 23.2 Å². The van der Waals surface area contributed by atoms with E-state index in [2.05, 4.69) is 24.3 Å². The number of aryl methyl sites for hydroxylation is 4. The predicted molar refractivity (Wildman–Crippen MR) is 114 cm³/mol. The monoisotopic (exact) mass is 408 g/mol. The lowest BCUT2D eigenvalue weighted by atomic mass is 9.78. The molecule has 0 saturated heterocycles. The van der Waals surface area contributed by atoms with E-state index in [0.29, 0.717) is 34.1 Å². The molecule has 2 aromatic carbocycles.